The zero-order valence-corrected chi connectivity index (χ0v) is 26.6. The van der Waals surface area contributed by atoms with E-state index in [-0.39, 0.29) is 23.3 Å². The summed E-state index contributed by atoms with van der Waals surface area (Å²) >= 11 is 0. The van der Waals surface area contributed by atoms with Gasteiger partial charge in [0.05, 0.1) is 33.1 Å². The maximum atomic E-state index is 13.5. The van der Waals surface area contributed by atoms with Crippen molar-refractivity contribution in [2.24, 2.45) is 0 Å². The molecule has 0 aliphatic heterocycles. The summed E-state index contributed by atoms with van der Waals surface area (Å²) in [5.74, 6) is 2.11. The summed E-state index contributed by atoms with van der Waals surface area (Å²) in [4.78, 5) is 38.1. The van der Waals surface area contributed by atoms with Crippen molar-refractivity contribution in [1.29, 1.82) is 0 Å². The number of nitrogens with zero attached hydrogens (tertiary/aromatic N) is 3. The van der Waals surface area contributed by atoms with Crippen LogP contribution in [0.4, 0.5) is 5.69 Å². The van der Waals surface area contributed by atoms with Gasteiger partial charge in [-0.1, -0.05) is 12.1 Å². The molecule has 3 N–H and O–H groups in total. The summed E-state index contributed by atoms with van der Waals surface area (Å²) in [7, 11) is 4.69. The maximum Gasteiger partial charge on any atom is 0.220 e. The lowest BCUT2D eigenvalue weighted by Gasteiger charge is -2.19. The van der Waals surface area contributed by atoms with Crippen molar-refractivity contribution in [2.75, 3.05) is 39.7 Å². The van der Waals surface area contributed by atoms with Crippen LogP contribution in [0.25, 0.3) is 16.8 Å². The fraction of sp³-hybridized carbons (Fsp3) is 0.382. The minimum atomic E-state index is -0.387. The normalized spacial score (nSPS) is 13.6. The van der Waals surface area contributed by atoms with Crippen LogP contribution in [0.2, 0.25) is 0 Å². The molecule has 0 unspecified atom stereocenters. The van der Waals surface area contributed by atoms with E-state index in [0.717, 1.165) is 34.6 Å². The van der Waals surface area contributed by atoms with Crippen molar-refractivity contribution in [3.8, 4) is 28.4 Å². The number of aromatic nitrogens is 3. The molecular weight excluding hydrogens is 588 g/mol. The van der Waals surface area contributed by atoms with Crippen LogP contribution in [0.3, 0.4) is 0 Å². The highest BCUT2D eigenvalue weighted by Crippen LogP contribution is 2.50. The molecule has 1 aliphatic rings. The number of anilines is 1. The molecule has 242 valence electrons. The quantitative estimate of drug-likeness (QED) is 0.188. The van der Waals surface area contributed by atoms with Crippen molar-refractivity contribution in [1.82, 2.24) is 25.2 Å². The molecule has 0 saturated carbocycles. The summed E-state index contributed by atoms with van der Waals surface area (Å²) in [6.45, 7) is 2.44. The van der Waals surface area contributed by atoms with Gasteiger partial charge in [0.25, 0.3) is 0 Å². The number of aryl methyl sites for hydroxylation is 2. The second-order valence-electron chi connectivity index (χ2n) is 11.1. The lowest BCUT2D eigenvalue weighted by atomic mass is 9.95. The number of pyridine rings is 1. The van der Waals surface area contributed by atoms with E-state index in [9.17, 15) is 14.4 Å². The van der Waals surface area contributed by atoms with Crippen LogP contribution in [0.1, 0.15) is 55.6 Å². The molecule has 1 atom stereocenters. The molecule has 0 bridgehead atoms. The molecule has 2 aromatic carbocycles. The molecule has 1 aliphatic carbocycles. The predicted molar refractivity (Wildman–Crippen MR) is 175 cm³/mol. The maximum absolute atomic E-state index is 13.5. The number of carbonyl (C=O) groups is 2. The third kappa shape index (κ3) is 7.06. The summed E-state index contributed by atoms with van der Waals surface area (Å²) in [6.07, 6.45) is 5.44. The van der Waals surface area contributed by atoms with Crippen molar-refractivity contribution in [2.45, 2.75) is 51.5 Å². The first-order chi connectivity index (χ1) is 22.3. The van der Waals surface area contributed by atoms with Gasteiger partial charge in [0.1, 0.15) is 5.82 Å². The lowest BCUT2D eigenvalue weighted by Crippen LogP contribution is -2.26. The first kappa shape index (κ1) is 32.3. The Bertz CT molecular complexity index is 1790. The highest BCUT2D eigenvalue weighted by molar-refractivity contribution is 5.84. The molecule has 0 radical (unpaired) electrons. The van der Waals surface area contributed by atoms with Gasteiger partial charge in [-0.3, -0.25) is 18.8 Å². The van der Waals surface area contributed by atoms with Crippen molar-refractivity contribution in [3.63, 3.8) is 0 Å². The molecular formula is C34H40N6O6. The smallest absolute Gasteiger partial charge is 0.220 e. The van der Waals surface area contributed by atoms with Crippen molar-refractivity contribution < 1.29 is 23.8 Å². The van der Waals surface area contributed by atoms with Gasteiger partial charge in [-0.2, -0.15) is 0 Å². The van der Waals surface area contributed by atoms with E-state index in [0.29, 0.717) is 73.7 Å². The zero-order chi connectivity index (χ0) is 32.6. The average Bonchev–Trinajstić information content (AvgIpc) is 3.32. The Morgan fingerprint density at radius 3 is 2.57 bits per heavy atom. The number of nitrogens with one attached hydrogen (secondary N) is 3. The molecule has 0 saturated heterocycles. The van der Waals surface area contributed by atoms with Gasteiger partial charge in [0.2, 0.25) is 23.0 Å². The Balaban J connectivity index is 1.26. The number of amides is 2. The topological polar surface area (TPSA) is 145 Å². The van der Waals surface area contributed by atoms with Crippen LogP contribution in [-0.2, 0) is 22.4 Å². The second-order valence-corrected chi connectivity index (χ2v) is 11.1. The van der Waals surface area contributed by atoms with Crippen LogP contribution in [-0.4, -0.2) is 60.8 Å². The Labute approximate surface area is 267 Å². The first-order valence-electron chi connectivity index (χ1n) is 15.4. The van der Waals surface area contributed by atoms with E-state index in [1.165, 1.54) is 6.92 Å². The largest absolute Gasteiger partial charge is 0.493 e. The number of hydrogen-bond acceptors (Lipinski definition) is 9. The van der Waals surface area contributed by atoms with E-state index in [1.807, 2.05) is 40.9 Å². The van der Waals surface area contributed by atoms with E-state index in [4.69, 9.17) is 14.2 Å². The SMILES string of the molecule is COc1cc2c(c(OC)c1OC)-c1ccc(NCCCC(=O)NCCCc3nnc4ccccn34)c(=O)cc1[C@@H](NC(C)=O)CC2. The molecule has 12 heteroatoms. The Morgan fingerprint density at radius 1 is 0.978 bits per heavy atom. The zero-order valence-electron chi connectivity index (χ0n) is 26.6. The number of hydrogen-bond donors (Lipinski definition) is 3. The lowest BCUT2D eigenvalue weighted by molar-refractivity contribution is -0.121. The van der Waals surface area contributed by atoms with Gasteiger partial charge in [0, 0.05) is 44.6 Å². The molecule has 0 fully saturated rings. The van der Waals surface area contributed by atoms with Crippen molar-refractivity contribution in [3.05, 3.63) is 75.8 Å². The van der Waals surface area contributed by atoms with Gasteiger partial charge in [-0.25, -0.2) is 0 Å². The van der Waals surface area contributed by atoms with Gasteiger partial charge in [-0.15, -0.1) is 10.2 Å². The summed E-state index contributed by atoms with van der Waals surface area (Å²) in [5.41, 5.74) is 4.18. The Morgan fingerprint density at radius 2 is 1.80 bits per heavy atom. The Hall–Kier alpha value is -5.13. The fourth-order valence-corrected chi connectivity index (χ4v) is 5.95. The van der Waals surface area contributed by atoms with Crippen LogP contribution in [0.15, 0.2) is 53.5 Å². The summed E-state index contributed by atoms with van der Waals surface area (Å²) in [5, 5.41) is 17.6. The third-order valence-electron chi connectivity index (χ3n) is 8.10. The average molecular weight is 629 g/mol. The first-order valence-corrected chi connectivity index (χ1v) is 15.4. The number of carbonyl (C=O) groups excluding carboxylic acids is 2. The van der Waals surface area contributed by atoms with Gasteiger partial charge in [0.15, 0.2) is 17.1 Å². The van der Waals surface area contributed by atoms with Crippen LogP contribution >= 0.6 is 0 Å². The van der Waals surface area contributed by atoms with Crippen molar-refractivity contribution >= 4 is 23.1 Å². The van der Waals surface area contributed by atoms with E-state index in [1.54, 1.807) is 33.5 Å². The highest BCUT2D eigenvalue weighted by atomic mass is 16.5. The molecule has 2 heterocycles. The number of benzene rings is 1. The van der Waals surface area contributed by atoms with Gasteiger partial charge in [-0.05, 0) is 72.7 Å². The van der Waals surface area contributed by atoms with E-state index in [2.05, 4.69) is 26.1 Å². The number of methoxy groups -OCH3 is 3. The molecule has 46 heavy (non-hydrogen) atoms. The number of ether oxygens (including phenoxy) is 3. The predicted octanol–water partition coefficient (Wildman–Crippen LogP) is 3.85. The minimum Gasteiger partial charge on any atom is -0.493 e. The monoisotopic (exact) mass is 628 g/mol. The Kier molecular flexibility index (Phi) is 10.4. The standard InChI is InChI=1S/C34H40N6O6/c1-21(41)37-25-14-12-22-19-28(44-2)33(45-3)34(46-4)32(22)23-13-15-26(27(42)20-24(23)25)35-16-8-11-31(43)36-17-7-10-30-39-38-29-9-5-6-18-40(29)30/h5-6,9,13,15,18-20,25H,7-8,10-12,14,16-17H2,1-4H3,(H,35,42)(H,36,43)(H,37,41)/t25-/m0/s1. The van der Waals surface area contributed by atoms with Crippen LogP contribution in [0.5, 0.6) is 17.2 Å². The molecule has 4 aromatic rings. The molecule has 2 amide bonds. The molecule has 5 rings (SSSR count). The van der Waals surface area contributed by atoms with E-state index >= 15 is 0 Å². The van der Waals surface area contributed by atoms with Crippen LogP contribution in [0, 0.1) is 0 Å². The molecule has 12 nitrogen and oxygen atoms in total. The minimum absolute atomic E-state index is 0.0493. The number of fused-ring (bicyclic) bond motifs is 4. The fourth-order valence-electron chi connectivity index (χ4n) is 5.95. The molecule has 0 spiro atoms. The second kappa shape index (κ2) is 14.8. The summed E-state index contributed by atoms with van der Waals surface area (Å²) in [6, 6.07) is 12.5. The number of rotatable bonds is 13. The highest BCUT2D eigenvalue weighted by Gasteiger charge is 2.29. The third-order valence-corrected chi connectivity index (χ3v) is 8.10. The van der Waals surface area contributed by atoms with Gasteiger partial charge >= 0.3 is 0 Å². The van der Waals surface area contributed by atoms with Crippen LogP contribution < -0.4 is 35.6 Å². The molecule has 2 aromatic heterocycles. The van der Waals surface area contributed by atoms with E-state index < -0.39 is 0 Å². The summed E-state index contributed by atoms with van der Waals surface area (Å²) < 4.78 is 19.0. The van der Waals surface area contributed by atoms with Gasteiger partial charge < -0.3 is 30.2 Å².